The van der Waals surface area contributed by atoms with Crippen LogP contribution in [-0.2, 0) is 0 Å². The van der Waals surface area contributed by atoms with Gasteiger partial charge >= 0.3 is 0 Å². The van der Waals surface area contributed by atoms with Crippen molar-refractivity contribution >= 4 is 11.4 Å². The smallest absolute Gasteiger partial charge is 0.0387 e. The zero-order valence-corrected chi connectivity index (χ0v) is 7.99. The topological polar surface area (TPSA) is 50.4 Å². The molecule has 1 aliphatic heterocycles. The molecule has 1 heterocycles. The van der Waals surface area contributed by atoms with E-state index in [0.717, 1.165) is 31.9 Å². The minimum atomic E-state index is 0.626. The van der Waals surface area contributed by atoms with Crippen molar-refractivity contribution in [2.75, 3.05) is 36.6 Å². The van der Waals surface area contributed by atoms with E-state index in [1.54, 1.807) is 6.07 Å². The molecule has 0 spiro atoms. The molecule has 0 atom stereocenters. The van der Waals surface area contributed by atoms with Crippen molar-refractivity contribution in [1.29, 1.82) is 0 Å². The lowest BCUT2D eigenvalue weighted by Crippen LogP contribution is -2.43. The molecule has 14 heavy (non-hydrogen) atoms. The van der Waals surface area contributed by atoms with Crippen LogP contribution >= 0.6 is 0 Å². The number of hydrogen-bond donors (Lipinski definition) is 2. The summed E-state index contributed by atoms with van der Waals surface area (Å²) in [5.74, 6) is 0. The monoisotopic (exact) mass is 192 g/mol. The highest BCUT2D eigenvalue weighted by atomic mass is 16.5. The Kier molecular flexibility index (Phi) is 2.86. The highest BCUT2D eigenvalue weighted by Gasteiger charge is 2.09. The van der Waals surface area contributed by atoms with E-state index >= 15 is 0 Å². The molecular formula is C10H14N3O-. The summed E-state index contributed by atoms with van der Waals surface area (Å²) in [6, 6.07) is 7.60. The maximum Gasteiger partial charge on any atom is 0.0387 e. The molecule has 1 aliphatic rings. The molecule has 0 aliphatic carbocycles. The van der Waals surface area contributed by atoms with Gasteiger partial charge in [0, 0.05) is 37.6 Å². The van der Waals surface area contributed by atoms with Crippen LogP contribution in [0.2, 0.25) is 0 Å². The van der Waals surface area contributed by atoms with Gasteiger partial charge in [-0.15, -0.1) is 0 Å². The van der Waals surface area contributed by atoms with Gasteiger partial charge in [0.2, 0.25) is 0 Å². The van der Waals surface area contributed by atoms with Crippen molar-refractivity contribution in [3.63, 3.8) is 0 Å². The molecule has 0 bridgehead atoms. The third kappa shape index (κ3) is 1.97. The summed E-state index contributed by atoms with van der Waals surface area (Å²) in [4.78, 5) is 2.28. The predicted molar refractivity (Wildman–Crippen MR) is 58.5 cm³/mol. The van der Waals surface area contributed by atoms with Gasteiger partial charge in [-0.2, -0.15) is 0 Å². The summed E-state index contributed by atoms with van der Waals surface area (Å²) in [6.45, 7) is 4.02. The molecule has 2 rings (SSSR count). The first-order valence-corrected chi connectivity index (χ1v) is 4.84. The van der Waals surface area contributed by atoms with Gasteiger partial charge in [-0.25, -0.2) is 0 Å². The van der Waals surface area contributed by atoms with Crippen molar-refractivity contribution in [3.8, 4) is 0 Å². The third-order valence-electron chi connectivity index (χ3n) is 2.45. The average Bonchev–Trinajstić information content (AvgIpc) is 2.30. The van der Waals surface area contributed by atoms with Crippen molar-refractivity contribution in [2.45, 2.75) is 0 Å². The van der Waals surface area contributed by atoms with Gasteiger partial charge in [0.1, 0.15) is 0 Å². The van der Waals surface area contributed by atoms with Crippen LogP contribution < -0.4 is 15.7 Å². The molecule has 1 aromatic rings. The molecule has 4 nitrogen and oxygen atoms in total. The summed E-state index contributed by atoms with van der Waals surface area (Å²) in [5, 5.41) is 13.8. The summed E-state index contributed by atoms with van der Waals surface area (Å²) >= 11 is 0. The molecule has 0 radical (unpaired) electrons. The quantitative estimate of drug-likeness (QED) is 0.686. The molecular weight excluding hydrogens is 178 g/mol. The normalized spacial score (nSPS) is 16.8. The molecule has 0 amide bonds. The zero-order valence-electron chi connectivity index (χ0n) is 7.99. The first kappa shape index (κ1) is 9.30. The number of benzene rings is 1. The minimum absolute atomic E-state index is 0.626. The SMILES string of the molecule is [O-]Nc1cccc(N2CCNCC2)c1. The number of anilines is 2. The maximum atomic E-state index is 10.5. The fourth-order valence-electron chi connectivity index (χ4n) is 1.69. The molecule has 0 unspecified atom stereocenters. The summed E-state index contributed by atoms with van der Waals surface area (Å²) in [7, 11) is 0. The highest BCUT2D eigenvalue weighted by Crippen LogP contribution is 2.19. The lowest BCUT2D eigenvalue weighted by Gasteiger charge is -2.30. The summed E-state index contributed by atoms with van der Waals surface area (Å²) in [6.07, 6.45) is 0. The van der Waals surface area contributed by atoms with Crippen LogP contribution in [-0.4, -0.2) is 26.2 Å². The number of nitrogens with one attached hydrogen (secondary N) is 2. The Morgan fingerprint density at radius 3 is 2.79 bits per heavy atom. The second kappa shape index (κ2) is 4.30. The van der Waals surface area contributed by atoms with Gasteiger partial charge in [0.15, 0.2) is 0 Å². The van der Waals surface area contributed by atoms with Crippen molar-refractivity contribution in [1.82, 2.24) is 5.32 Å². The zero-order chi connectivity index (χ0) is 9.80. The van der Waals surface area contributed by atoms with Gasteiger partial charge < -0.3 is 20.9 Å². The Morgan fingerprint density at radius 2 is 2.07 bits per heavy atom. The number of rotatable bonds is 2. The fourth-order valence-corrected chi connectivity index (χ4v) is 1.69. The first-order valence-electron chi connectivity index (χ1n) is 4.84. The molecule has 1 saturated heterocycles. The van der Waals surface area contributed by atoms with Crippen LogP contribution in [0.4, 0.5) is 11.4 Å². The van der Waals surface area contributed by atoms with E-state index in [1.165, 1.54) is 0 Å². The number of hydrogen-bond acceptors (Lipinski definition) is 4. The standard InChI is InChI=1S/C10H14N3O/c14-12-9-2-1-3-10(8-9)13-6-4-11-5-7-13/h1-3,8,11-12H,4-7H2/q-1. The van der Waals surface area contributed by atoms with Crippen LogP contribution in [0.15, 0.2) is 24.3 Å². The maximum absolute atomic E-state index is 10.5. The molecule has 1 aromatic carbocycles. The van der Waals surface area contributed by atoms with E-state index in [0.29, 0.717) is 5.69 Å². The second-order valence-electron chi connectivity index (χ2n) is 3.39. The Balaban J connectivity index is 2.13. The van der Waals surface area contributed by atoms with Crippen molar-refractivity contribution < 1.29 is 0 Å². The van der Waals surface area contributed by atoms with Gasteiger partial charge in [-0.1, -0.05) is 6.07 Å². The predicted octanol–water partition coefficient (Wildman–Crippen LogP) is 1.01. The van der Waals surface area contributed by atoms with Gasteiger partial charge in [0.05, 0.1) is 0 Å². The molecule has 0 saturated carbocycles. The van der Waals surface area contributed by atoms with Gasteiger partial charge in [0.25, 0.3) is 0 Å². The lowest BCUT2D eigenvalue weighted by atomic mass is 10.2. The Hall–Kier alpha value is -1.26. The average molecular weight is 192 g/mol. The van der Waals surface area contributed by atoms with E-state index in [9.17, 15) is 5.21 Å². The third-order valence-corrected chi connectivity index (χ3v) is 2.45. The fraction of sp³-hybridized carbons (Fsp3) is 0.400. The molecule has 1 fully saturated rings. The van der Waals surface area contributed by atoms with Crippen LogP contribution in [0.25, 0.3) is 0 Å². The molecule has 76 valence electrons. The van der Waals surface area contributed by atoms with Gasteiger partial charge in [-0.3, -0.25) is 0 Å². The highest BCUT2D eigenvalue weighted by molar-refractivity contribution is 5.58. The first-order chi connectivity index (χ1) is 6.90. The van der Waals surface area contributed by atoms with Crippen LogP contribution in [0.3, 0.4) is 0 Å². The lowest BCUT2D eigenvalue weighted by molar-refractivity contribution is 0.589. The van der Waals surface area contributed by atoms with E-state index in [2.05, 4.69) is 10.2 Å². The van der Waals surface area contributed by atoms with Gasteiger partial charge in [-0.05, 0) is 18.2 Å². The van der Waals surface area contributed by atoms with Crippen LogP contribution in [0, 0.1) is 5.21 Å². The van der Waals surface area contributed by atoms with E-state index in [1.807, 2.05) is 23.7 Å². The summed E-state index contributed by atoms with van der Waals surface area (Å²) in [5.41, 5.74) is 3.66. The van der Waals surface area contributed by atoms with E-state index < -0.39 is 0 Å². The molecule has 2 N–H and O–H groups in total. The number of piperazine rings is 1. The van der Waals surface area contributed by atoms with E-state index in [4.69, 9.17) is 0 Å². The second-order valence-corrected chi connectivity index (χ2v) is 3.39. The Morgan fingerprint density at radius 1 is 1.29 bits per heavy atom. The van der Waals surface area contributed by atoms with Crippen molar-refractivity contribution in [2.24, 2.45) is 0 Å². The summed E-state index contributed by atoms with van der Waals surface area (Å²) < 4.78 is 0. The van der Waals surface area contributed by atoms with Crippen molar-refractivity contribution in [3.05, 3.63) is 29.5 Å². The minimum Gasteiger partial charge on any atom is -0.761 e. The van der Waals surface area contributed by atoms with E-state index in [-0.39, 0.29) is 0 Å². The molecule has 0 aromatic heterocycles. The van der Waals surface area contributed by atoms with Crippen LogP contribution in [0.1, 0.15) is 0 Å². The largest absolute Gasteiger partial charge is 0.761 e. The molecule has 4 heteroatoms. The Labute approximate surface area is 83.5 Å². The van der Waals surface area contributed by atoms with Crippen LogP contribution in [0.5, 0.6) is 0 Å². The Bertz CT molecular complexity index is 297. The number of nitrogens with zero attached hydrogens (tertiary/aromatic N) is 1.